The number of esters is 1. The van der Waals surface area contributed by atoms with Gasteiger partial charge >= 0.3 is 5.97 Å². The van der Waals surface area contributed by atoms with Crippen molar-refractivity contribution in [3.63, 3.8) is 0 Å². The zero-order valence-corrected chi connectivity index (χ0v) is 20.8. The molecule has 0 bridgehead atoms. The number of aromatic hydroxyl groups is 1. The van der Waals surface area contributed by atoms with Gasteiger partial charge < -0.3 is 14.3 Å². The van der Waals surface area contributed by atoms with E-state index in [-0.39, 0.29) is 23.0 Å². The number of ether oxygens (including phenoxy) is 1. The molecule has 0 amide bonds. The largest absolute Gasteiger partial charge is 0.506 e. The third-order valence-corrected chi connectivity index (χ3v) is 11.0. The molecule has 0 saturated carbocycles. The van der Waals surface area contributed by atoms with Gasteiger partial charge in [-0.05, 0) is 49.0 Å². The zero-order valence-electron chi connectivity index (χ0n) is 18.2. The summed E-state index contributed by atoms with van der Waals surface area (Å²) < 4.78 is 12.1. The molecule has 4 nitrogen and oxygen atoms in total. The normalized spacial score (nSPS) is 11.9. The van der Waals surface area contributed by atoms with Gasteiger partial charge in [-0.2, -0.15) is 0 Å². The molecular formula is C25H27BrO4Si. The van der Waals surface area contributed by atoms with E-state index in [1.807, 2.05) is 36.4 Å². The van der Waals surface area contributed by atoms with Crippen LogP contribution in [0.25, 0.3) is 0 Å². The predicted molar refractivity (Wildman–Crippen MR) is 130 cm³/mol. The number of carbonyl (C=O) groups excluding carboxylic acids is 1. The number of phenolic OH excluding ortho intramolecular Hbond substituents is 1. The van der Waals surface area contributed by atoms with Gasteiger partial charge in [-0.3, -0.25) is 0 Å². The Hall–Kier alpha value is -2.41. The summed E-state index contributed by atoms with van der Waals surface area (Å²) in [4.78, 5) is 12.1. The Morgan fingerprint density at radius 2 is 1.48 bits per heavy atom. The molecule has 0 unspecified atom stereocenters. The van der Waals surface area contributed by atoms with Crippen molar-refractivity contribution in [1.82, 2.24) is 0 Å². The fourth-order valence-electron chi connectivity index (χ4n) is 3.96. The first-order valence-electron chi connectivity index (χ1n) is 10.1. The monoisotopic (exact) mass is 498 g/mol. The SMILES string of the molecule is COC(=O)c1cc(CO[Si](c2ccccc2)(c2ccccc2)C(C)(C)C)cc(Br)c1O. The van der Waals surface area contributed by atoms with E-state index in [1.165, 1.54) is 17.5 Å². The van der Waals surface area contributed by atoms with Gasteiger partial charge in [-0.25, -0.2) is 4.79 Å². The van der Waals surface area contributed by atoms with E-state index in [0.29, 0.717) is 4.47 Å². The van der Waals surface area contributed by atoms with Gasteiger partial charge in [0.05, 0.1) is 18.2 Å². The first kappa shape index (κ1) is 23.3. The highest BCUT2D eigenvalue weighted by atomic mass is 79.9. The number of hydrogen-bond donors (Lipinski definition) is 1. The molecule has 0 aliphatic heterocycles. The molecule has 0 aliphatic rings. The van der Waals surface area contributed by atoms with Crippen LogP contribution < -0.4 is 10.4 Å². The molecule has 3 aromatic rings. The fraction of sp³-hybridized carbons (Fsp3) is 0.240. The van der Waals surface area contributed by atoms with Crippen LogP contribution >= 0.6 is 15.9 Å². The Bertz CT molecular complexity index is 1010. The Morgan fingerprint density at radius 1 is 0.968 bits per heavy atom. The van der Waals surface area contributed by atoms with E-state index >= 15 is 0 Å². The molecule has 6 heteroatoms. The van der Waals surface area contributed by atoms with Crippen LogP contribution in [0.1, 0.15) is 36.7 Å². The number of rotatable bonds is 6. The molecule has 0 spiro atoms. The van der Waals surface area contributed by atoms with Crippen molar-refractivity contribution in [1.29, 1.82) is 0 Å². The summed E-state index contributed by atoms with van der Waals surface area (Å²) in [6.45, 7) is 6.93. The molecule has 0 fully saturated rings. The molecule has 0 aliphatic carbocycles. The number of carbonyl (C=O) groups is 1. The van der Waals surface area contributed by atoms with Gasteiger partial charge in [-0.15, -0.1) is 0 Å². The molecule has 162 valence electrons. The quantitative estimate of drug-likeness (QED) is 0.383. The van der Waals surface area contributed by atoms with E-state index < -0.39 is 14.3 Å². The van der Waals surface area contributed by atoms with Gasteiger partial charge in [0.1, 0.15) is 11.3 Å². The lowest BCUT2D eigenvalue weighted by atomic mass is 10.1. The smallest absolute Gasteiger partial charge is 0.341 e. The third-order valence-electron chi connectivity index (χ3n) is 5.40. The molecular weight excluding hydrogens is 472 g/mol. The van der Waals surface area contributed by atoms with Crippen LogP contribution in [0.15, 0.2) is 77.3 Å². The van der Waals surface area contributed by atoms with Crippen LogP contribution in [-0.4, -0.2) is 26.5 Å². The first-order chi connectivity index (χ1) is 14.7. The summed E-state index contributed by atoms with van der Waals surface area (Å²) in [5, 5.41) is 12.5. The average Bonchev–Trinajstić information content (AvgIpc) is 2.76. The number of halogens is 1. The lowest BCUT2D eigenvalue weighted by Crippen LogP contribution is -2.66. The molecule has 0 radical (unpaired) electrons. The molecule has 0 aromatic heterocycles. The highest BCUT2D eigenvalue weighted by molar-refractivity contribution is 9.10. The lowest BCUT2D eigenvalue weighted by Gasteiger charge is -2.43. The van der Waals surface area contributed by atoms with Crippen LogP contribution in [0.4, 0.5) is 0 Å². The van der Waals surface area contributed by atoms with Crippen molar-refractivity contribution < 1.29 is 19.1 Å². The Kier molecular flexibility index (Phi) is 7.04. The summed E-state index contributed by atoms with van der Waals surface area (Å²) >= 11 is 3.34. The van der Waals surface area contributed by atoms with Crippen molar-refractivity contribution in [2.24, 2.45) is 0 Å². The van der Waals surface area contributed by atoms with Crippen molar-refractivity contribution in [2.45, 2.75) is 32.4 Å². The van der Waals surface area contributed by atoms with E-state index in [2.05, 4.69) is 61.0 Å². The standard InChI is InChI=1S/C25H27BrO4Si/c1-25(2,3)31(19-11-7-5-8-12-19,20-13-9-6-10-14-20)30-17-18-15-21(24(28)29-4)23(27)22(26)16-18/h5-16,27H,17H2,1-4H3. The molecule has 3 aromatic carbocycles. The summed E-state index contributed by atoms with van der Waals surface area (Å²) in [6.07, 6.45) is 0. The van der Waals surface area contributed by atoms with E-state index in [4.69, 9.17) is 9.16 Å². The van der Waals surface area contributed by atoms with Crippen LogP contribution in [0, 0.1) is 0 Å². The first-order valence-corrected chi connectivity index (χ1v) is 12.8. The average molecular weight is 499 g/mol. The topological polar surface area (TPSA) is 55.8 Å². The van der Waals surface area contributed by atoms with Crippen molar-refractivity contribution in [3.05, 3.63) is 88.4 Å². The van der Waals surface area contributed by atoms with E-state index in [9.17, 15) is 9.90 Å². The van der Waals surface area contributed by atoms with Crippen molar-refractivity contribution in [3.8, 4) is 5.75 Å². The van der Waals surface area contributed by atoms with Crippen LogP contribution in [-0.2, 0) is 15.8 Å². The van der Waals surface area contributed by atoms with E-state index in [1.54, 1.807) is 12.1 Å². The Balaban J connectivity index is 2.11. The molecule has 31 heavy (non-hydrogen) atoms. The minimum Gasteiger partial charge on any atom is -0.506 e. The maximum absolute atomic E-state index is 12.1. The molecule has 0 heterocycles. The summed E-state index contributed by atoms with van der Waals surface area (Å²) in [6, 6.07) is 24.1. The van der Waals surface area contributed by atoms with Gasteiger partial charge in [0, 0.05) is 0 Å². The molecule has 0 atom stereocenters. The highest BCUT2D eigenvalue weighted by Gasteiger charge is 2.50. The minimum absolute atomic E-state index is 0.109. The van der Waals surface area contributed by atoms with Crippen LogP contribution in [0.3, 0.4) is 0 Å². The van der Waals surface area contributed by atoms with E-state index in [0.717, 1.165) is 5.56 Å². The van der Waals surface area contributed by atoms with Gasteiger partial charge in [0.25, 0.3) is 8.32 Å². The highest BCUT2D eigenvalue weighted by Crippen LogP contribution is 2.38. The molecule has 3 rings (SSSR count). The summed E-state index contributed by atoms with van der Waals surface area (Å²) in [5.74, 6) is -0.730. The number of benzene rings is 3. The van der Waals surface area contributed by atoms with Crippen LogP contribution in [0.5, 0.6) is 5.75 Å². The maximum atomic E-state index is 12.1. The van der Waals surface area contributed by atoms with Gasteiger partial charge in [0.2, 0.25) is 0 Å². The summed E-state index contributed by atoms with van der Waals surface area (Å²) in [7, 11) is -1.42. The molecule has 0 saturated heterocycles. The number of phenols is 1. The zero-order chi connectivity index (χ0) is 22.6. The fourth-order valence-corrected chi connectivity index (χ4v) is 9.00. The number of methoxy groups -OCH3 is 1. The number of hydrogen-bond acceptors (Lipinski definition) is 4. The maximum Gasteiger partial charge on any atom is 0.341 e. The predicted octanol–water partition coefficient (Wildman–Crippen LogP) is 5.02. The second-order valence-electron chi connectivity index (χ2n) is 8.42. The van der Waals surface area contributed by atoms with Gasteiger partial charge in [0.15, 0.2) is 0 Å². The summed E-state index contributed by atoms with van der Waals surface area (Å²) in [5.41, 5.74) is 0.885. The van der Waals surface area contributed by atoms with Gasteiger partial charge in [-0.1, -0.05) is 81.4 Å². The van der Waals surface area contributed by atoms with Crippen molar-refractivity contribution >= 4 is 40.6 Å². The Labute approximate surface area is 193 Å². The second-order valence-corrected chi connectivity index (χ2v) is 13.6. The molecule has 1 N–H and O–H groups in total. The minimum atomic E-state index is -2.71. The van der Waals surface area contributed by atoms with Crippen molar-refractivity contribution in [2.75, 3.05) is 7.11 Å². The lowest BCUT2D eigenvalue weighted by molar-refractivity contribution is 0.0597. The third kappa shape index (κ3) is 4.61. The second kappa shape index (κ2) is 9.38. The van der Waals surface area contributed by atoms with Crippen LogP contribution in [0.2, 0.25) is 5.04 Å². The Morgan fingerprint density at radius 3 is 1.94 bits per heavy atom.